The van der Waals surface area contributed by atoms with Gasteiger partial charge in [0.15, 0.2) is 9.84 Å². The monoisotopic (exact) mass is 241 g/mol. The SMILES string of the molecule is CCS(=O)(=O)[C@H]1CC[C@H](CN)CC1.Cl. The second-order valence-corrected chi connectivity index (χ2v) is 6.40. The van der Waals surface area contributed by atoms with Gasteiger partial charge in [-0.3, -0.25) is 0 Å². The molecule has 0 atom stereocenters. The fraction of sp³-hybridized carbons (Fsp3) is 1.00. The molecule has 0 saturated heterocycles. The lowest BCUT2D eigenvalue weighted by Gasteiger charge is -2.26. The van der Waals surface area contributed by atoms with Crippen LogP contribution in [-0.2, 0) is 9.84 Å². The van der Waals surface area contributed by atoms with Gasteiger partial charge in [-0.1, -0.05) is 6.92 Å². The van der Waals surface area contributed by atoms with Crippen LogP contribution in [0.4, 0.5) is 0 Å². The van der Waals surface area contributed by atoms with Gasteiger partial charge in [0.1, 0.15) is 0 Å². The highest BCUT2D eigenvalue weighted by Crippen LogP contribution is 2.27. The van der Waals surface area contributed by atoms with Crippen LogP contribution in [0.15, 0.2) is 0 Å². The Bertz CT molecular complexity index is 246. The Hall–Kier alpha value is 0.200. The maximum atomic E-state index is 11.5. The number of hydrogen-bond donors (Lipinski definition) is 1. The number of halogens is 1. The Labute approximate surface area is 92.8 Å². The summed E-state index contributed by atoms with van der Waals surface area (Å²) in [6, 6.07) is 0. The van der Waals surface area contributed by atoms with E-state index in [4.69, 9.17) is 5.73 Å². The van der Waals surface area contributed by atoms with Gasteiger partial charge in [-0.15, -0.1) is 12.4 Å². The van der Waals surface area contributed by atoms with Gasteiger partial charge in [0.2, 0.25) is 0 Å². The van der Waals surface area contributed by atoms with Gasteiger partial charge < -0.3 is 5.73 Å². The zero-order valence-corrected chi connectivity index (χ0v) is 10.2. The molecule has 1 rings (SSSR count). The van der Waals surface area contributed by atoms with E-state index < -0.39 is 9.84 Å². The summed E-state index contributed by atoms with van der Waals surface area (Å²) in [6.45, 7) is 2.43. The van der Waals surface area contributed by atoms with E-state index in [9.17, 15) is 8.42 Å². The minimum absolute atomic E-state index is 0. The van der Waals surface area contributed by atoms with Crippen molar-refractivity contribution in [3.05, 3.63) is 0 Å². The molecule has 1 aliphatic carbocycles. The third kappa shape index (κ3) is 3.41. The molecule has 1 aliphatic rings. The molecule has 1 fully saturated rings. The molecule has 0 heterocycles. The zero-order valence-electron chi connectivity index (χ0n) is 8.61. The predicted octanol–water partition coefficient (Wildman–Crippen LogP) is 1.36. The summed E-state index contributed by atoms with van der Waals surface area (Å²) >= 11 is 0. The third-order valence-corrected chi connectivity index (χ3v) is 5.33. The minimum atomic E-state index is -2.79. The van der Waals surface area contributed by atoms with Crippen molar-refractivity contribution in [1.82, 2.24) is 0 Å². The van der Waals surface area contributed by atoms with Crippen molar-refractivity contribution in [2.75, 3.05) is 12.3 Å². The van der Waals surface area contributed by atoms with Crippen LogP contribution in [-0.4, -0.2) is 26.0 Å². The average molecular weight is 242 g/mol. The summed E-state index contributed by atoms with van der Waals surface area (Å²) in [4.78, 5) is 0. The lowest BCUT2D eigenvalue weighted by molar-refractivity contribution is 0.364. The summed E-state index contributed by atoms with van der Waals surface area (Å²) in [5.41, 5.74) is 5.54. The van der Waals surface area contributed by atoms with Crippen molar-refractivity contribution in [3.63, 3.8) is 0 Å². The van der Waals surface area contributed by atoms with E-state index in [1.54, 1.807) is 6.92 Å². The molecule has 86 valence electrons. The molecule has 14 heavy (non-hydrogen) atoms. The lowest BCUT2D eigenvalue weighted by Crippen LogP contribution is -2.30. The first-order chi connectivity index (χ1) is 6.10. The molecule has 0 aromatic carbocycles. The van der Waals surface area contributed by atoms with Crippen LogP contribution in [0.25, 0.3) is 0 Å². The summed E-state index contributed by atoms with van der Waals surface area (Å²) in [5.74, 6) is 0.841. The third-order valence-electron chi connectivity index (χ3n) is 3.04. The maximum absolute atomic E-state index is 11.5. The van der Waals surface area contributed by atoms with Crippen LogP contribution in [0.5, 0.6) is 0 Å². The van der Waals surface area contributed by atoms with Gasteiger partial charge in [-0.25, -0.2) is 8.42 Å². The Balaban J connectivity index is 0.00000169. The molecule has 5 heteroatoms. The van der Waals surface area contributed by atoms with Crippen LogP contribution in [0.1, 0.15) is 32.6 Å². The van der Waals surface area contributed by atoms with Crippen molar-refractivity contribution in [2.45, 2.75) is 37.9 Å². The van der Waals surface area contributed by atoms with Crippen molar-refractivity contribution >= 4 is 22.2 Å². The van der Waals surface area contributed by atoms with Crippen LogP contribution in [0, 0.1) is 5.92 Å². The summed E-state index contributed by atoms with van der Waals surface area (Å²) in [7, 11) is -2.79. The molecule has 0 aliphatic heterocycles. The van der Waals surface area contributed by atoms with Crippen LogP contribution >= 0.6 is 12.4 Å². The van der Waals surface area contributed by atoms with E-state index in [0.29, 0.717) is 12.5 Å². The smallest absolute Gasteiger partial charge is 0.152 e. The van der Waals surface area contributed by atoms with Crippen LogP contribution in [0.3, 0.4) is 0 Å². The molecule has 0 unspecified atom stereocenters. The lowest BCUT2D eigenvalue weighted by atomic mass is 9.89. The molecule has 0 amide bonds. The molecule has 1 saturated carbocycles. The number of rotatable bonds is 3. The molecule has 0 radical (unpaired) electrons. The quantitative estimate of drug-likeness (QED) is 0.812. The van der Waals surface area contributed by atoms with Gasteiger partial charge in [0.25, 0.3) is 0 Å². The average Bonchev–Trinajstić information content (AvgIpc) is 2.18. The second-order valence-electron chi connectivity index (χ2n) is 3.83. The molecule has 0 aromatic rings. The first-order valence-electron chi connectivity index (χ1n) is 5.01. The minimum Gasteiger partial charge on any atom is -0.330 e. The maximum Gasteiger partial charge on any atom is 0.152 e. The molecular weight excluding hydrogens is 222 g/mol. The standard InChI is InChI=1S/C9H19NO2S.ClH/c1-2-13(11,12)9-5-3-8(7-10)4-6-9;/h8-9H,2-7,10H2,1H3;1H/t8-,9-;. The first-order valence-corrected chi connectivity index (χ1v) is 6.73. The highest BCUT2D eigenvalue weighted by molar-refractivity contribution is 7.92. The van der Waals surface area contributed by atoms with Crippen molar-refractivity contribution in [3.8, 4) is 0 Å². The fourth-order valence-electron chi connectivity index (χ4n) is 1.96. The molecule has 0 bridgehead atoms. The molecule has 0 aromatic heterocycles. The summed E-state index contributed by atoms with van der Waals surface area (Å²) in [6.07, 6.45) is 3.61. The first kappa shape index (κ1) is 14.2. The van der Waals surface area contributed by atoms with Gasteiger partial charge in [-0.05, 0) is 38.1 Å². The Kier molecular flexibility index (Phi) is 6.02. The van der Waals surface area contributed by atoms with Gasteiger partial charge in [0.05, 0.1) is 5.25 Å². The Morgan fingerprint density at radius 2 is 1.71 bits per heavy atom. The molecule has 2 N–H and O–H groups in total. The van der Waals surface area contributed by atoms with E-state index >= 15 is 0 Å². The number of nitrogens with two attached hydrogens (primary N) is 1. The van der Waals surface area contributed by atoms with E-state index in [2.05, 4.69) is 0 Å². The van der Waals surface area contributed by atoms with E-state index in [-0.39, 0.29) is 23.4 Å². The Morgan fingerprint density at radius 1 is 1.21 bits per heavy atom. The zero-order chi connectivity index (χ0) is 9.90. The highest BCUT2D eigenvalue weighted by Gasteiger charge is 2.28. The van der Waals surface area contributed by atoms with Crippen molar-refractivity contribution in [1.29, 1.82) is 0 Å². The number of hydrogen-bond acceptors (Lipinski definition) is 3. The van der Waals surface area contributed by atoms with Gasteiger partial charge >= 0.3 is 0 Å². The molecule has 0 spiro atoms. The highest BCUT2D eigenvalue weighted by atomic mass is 35.5. The number of sulfone groups is 1. The van der Waals surface area contributed by atoms with Crippen molar-refractivity contribution < 1.29 is 8.42 Å². The van der Waals surface area contributed by atoms with E-state index in [1.165, 1.54) is 0 Å². The fourth-order valence-corrected chi connectivity index (χ4v) is 3.42. The normalized spacial score (nSPS) is 28.1. The van der Waals surface area contributed by atoms with Crippen molar-refractivity contribution in [2.24, 2.45) is 11.7 Å². The largest absolute Gasteiger partial charge is 0.330 e. The van der Waals surface area contributed by atoms with Gasteiger partial charge in [-0.2, -0.15) is 0 Å². The van der Waals surface area contributed by atoms with E-state index in [0.717, 1.165) is 25.7 Å². The van der Waals surface area contributed by atoms with E-state index in [1.807, 2.05) is 0 Å². The van der Waals surface area contributed by atoms with Crippen LogP contribution < -0.4 is 5.73 Å². The Morgan fingerprint density at radius 3 is 2.07 bits per heavy atom. The summed E-state index contributed by atoms with van der Waals surface area (Å²) in [5, 5.41) is -0.0831. The predicted molar refractivity (Wildman–Crippen MR) is 61.5 cm³/mol. The molecule has 3 nitrogen and oxygen atoms in total. The molecular formula is C9H20ClNO2S. The topological polar surface area (TPSA) is 60.2 Å². The van der Waals surface area contributed by atoms with Gasteiger partial charge in [0, 0.05) is 5.75 Å². The second kappa shape index (κ2) is 5.93. The van der Waals surface area contributed by atoms with Crippen LogP contribution in [0.2, 0.25) is 0 Å². The summed E-state index contributed by atoms with van der Waals surface area (Å²) < 4.78 is 23.0.